The minimum Gasteiger partial charge on any atom is -0.314 e. The highest BCUT2D eigenvalue weighted by Crippen LogP contribution is 2.46. The van der Waals surface area contributed by atoms with Crippen LogP contribution in [-0.4, -0.2) is 4.57 Å². The molecule has 1 nitrogen and oxygen atoms in total. The molecule has 0 aliphatic rings. The van der Waals surface area contributed by atoms with Crippen molar-refractivity contribution in [1.29, 1.82) is 0 Å². The second kappa shape index (κ2) is 8.70. The number of benzene rings is 6. The zero-order chi connectivity index (χ0) is 28.8. The first kappa shape index (κ1) is 25.8. The number of hydrogen-bond acceptors (Lipinski definition) is 0. The van der Waals surface area contributed by atoms with Gasteiger partial charge in [-0.05, 0) is 121 Å². The van der Waals surface area contributed by atoms with Gasteiger partial charge in [0.05, 0.1) is 5.52 Å². The quantitative estimate of drug-likeness (QED) is 0.185. The summed E-state index contributed by atoms with van der Waals surface area (Å²) in [5, 5.41) is 12.0. The molecule has 41 heavy (non-hydrogen) atoms. The molecule has 0 N–H and O–H groups in total. The van der Waals surface area contributed by atoms with Crippen LogP contribution in [0.2, 0.25) is 0 Å². The van der Waals surface area contributed by atoms with Crippen LogP contribution in [0.4, 0.5) is 0 Å². The molecule has 1 aromatic heterocycles. The summed E-state index contributed by atoms with van der Waals surface area (Å²) >= 11 is 0. The van der Waals surface area contributed by atoms with Gasteiger partial charge in [0, 0.05) is 16.8 Å². The fourth-order valence-electron chi connectivity index (χ4n) is 7.26. The van der Waals surface area contributed by atoms with Gasteiger partial charge in [0.15, 0.2) is 0 Å². The van der Waals surface area contributed by atoms with E-state index in [9.17, 15) is 0 Å². The number of aromatic nitrogens is 1. The molecule has 7 rings (SSSR count). The summed E-state index contributed by atoms with van der Waals surface area (Å²) in [6, 6.07) is 34.3. The molecule has 0 fully saturated rings. The van der Waals surface area contributed by atoms with E-state index in [1.54, 1.807) is 0 Å². The van der Waals surface area contributed by atoms with Crippen LogP contribution >= 0.6 is 0 Å². The molecule has 0 spiro atoms. The summed E-state index contributed by atoms with van der Waals surface area (Å²) in [7, 11) is 0. The Bertz CT molecular complexity index is 2170. The van der Waals surface area contributed by atoms with Crippen molar-refractivity contribution in [2.24, 2.45) is 0 Å². The van der Waals surface area contributed by atoms with E-state index in [0.29, 0.717) is 0 Å². The lowest BCUT2D eigenvalue weighted by Gasteiger charge is -2.30. The molecule has 204 valence electrons. The second-order valence-electron chi connectivity index (χ2n) is 14.0. The Morgan fingerprint density at radius 1 is 0.463 bits per heavy atom. The SMILES string of the molecule is Cc1c(C)n(-c2ccc3cc4ccccc4cc3c2)c2cc3c(C(C)(C)C)c4ccccc4c(C(C)(C)C)c3cc12. The zero-order valence-corrected chi connectivity index (χ0v) is 25.6. The minimum atomic E-state index is -0.00649. The molecule has 7 aromatic rings. The molecule has 0 amide bonds. The van der Waals surface area contributed by atoms with Crippen molar-refractivity contribution < 1.29 is 0 Å². The predicted molar refractivity (Wildman–Crippen MR) is 180 cm³/mol. The van der Waals surface area contributed by atoms with Crippen LogP contribution < -0.4 is 0 Å². The van der Waals surface area contributed by atoms with Gasteiger partial charge in [-0.3, -0.25) is 0 Å². The molecular formula is C40H39N. The Morgan fingerprint density at radius 2 is 0.976 bits per heavy atom. The van der Waals surface area contributed by atoms with Gasteiger partial charge < -0.3 is 4.57 Å². The lowest BCUT2D eigenvalue weighted by Crippen LogP contribution is -2.17. The number of fused-ring (bicyclic) bond motifs is 5. The van der Waals surface area contributed by atoms with E-state index in [1.165, 1.54) is 82.1 Å². The third-order valence-electron chi connectivity index (χ3n) is 9.11. The molecule has 0 radical (unpaired) electrons. The van der Waals surface area contributed by atoms with Gasteiger partial charge in [-0.1, -0.05) is 96.1 Å². The molecule has 0 atom stereocenters. The standard InChI is InChI=1S/C40H39N/c1-24-25(2)41(30-18-17-28-19-26-13-9-10-14-27(26)20-29(28)21-30)36-23-35-34(22-33(24)36)37(39(3,4)5)31-15-11-12-16-32(31)38(35)40(6,7)8/h9-23H,1-8H3. The number of hydrogen-bond donors (Lipinski definition) is 0. The average molecular weight is 534 g/mol. The minimum absolute atomic E-state index is 0.00649. The van der Waals surface area contributed by atoms with Gasteiger partial charge in [0.2, 0.25) is 0 Å². The average Bonchev–Trinajstić information content (AvgIpc) is 3.16. The fraction of sp³-hybridized carbons (Fsp3) is 0.250. The second-order valence-corrected chi connectivity index (χ2v) is 14.0. The fourth-order valence-corrected chi connectivity index (χ4v) is 7.26. The van der Waals surface area contributed by atoms with Gasteiger partial charge in [-0.15, -0.1) is 0 Å². The van der Waals surface area contributed by atoms with Crippen molar-refractivity contribution in [2.75, 3.05) is 0 Å². The lowest BCUT2D eigenvalue weighted by atomic mass is 9.74. The van der Waals surface area contributed by atoms with Crippen molar-refractivity contribution >= 4 is 54.0 Å². The highest BCUT2D eigenvalue weighted by molar-refractivity contribution is 6.12. The lowest BCUT2D eigenvalue weighted by molar-refractivity contribution is 0.593. The monoisotopic (exact) mass is 533 g/mol. The molecule has 0 saturated heterocycles. The van der Waals surface area contributed by atoms with E-state index in [1.807, 2.05) is 0 Å². The maximum absolute atomic E-state index is 2.50. The highest BCUT2D eigenvalue weighted by atomic mass is 15.0. The van der Waals surface area contributed by atoms with Gasteiger partial charge >= 0.3 is 0 Å². The zero-order valence-electron chi connectivity index (χ0n) is 25.6. The highest BCUT2D eigenvalue weighted by Gasteiger charge is 2.28. The van der Waals surface area contributed by atoms with E-state index in [-0.39, 0.29) is 10.8 Å². The van der Waals surface area contributed by atoms with Crippen molar-refractivity contribution in [2.45, 2.75) is 66.2 Å². The Labute approximate surface area is 243 Å². The third-order valence-corrected chi connectivity index (χ3v) is 9.11. The Balaban J connectivity index is 1.61. The van der Waals surface area contributed by atoms with Crippen molar-refractivity contribution in [3.63, 3.8) is 0 Å². The first-order chi connectivity index (χ1) is 19.4. The largest absolute Gasteiger partial charge is 0.314 e. The van der Waals surface area contributed by atoms with E-state index >= 15 is 0 Å². The Kier molecular flexibility index (Phi) is 5.48. The summed E-state index contributed by atoms with van der Waals surface area (Å²) in [5.41, 5.74) is 8.04. The molecular weight excluding hydrogens is 494 g/mol. The van der Waals surface area contributed by atoms with Crippen LogP contribution in [-0.2, 0) is 10.8 Å². The molecule has 6 aromatic carbocycles. The molecule has 0 aliphatic carbocycles. The van der Waals surface area contributed by atoms with E-state index < -0.39 is 0 Å². The van der Waals surface area contributed by atoms with Crippen LogP contribution in [0, 0.1) is 13.8 Å². The Morgan fingerprint density at radius 3 is 1.56 bits per heavy atom. The topological polar surface area (TPSA) is 4.93 Å². The maximum atomic E-state index is 2.50. The molecule has 0 saturated carbocycles. The number of rotatable bonds is 1. The summed E-state index contributed by atoms with van der Waals surface area (Å²) < 4.78 is 2.48. The number of nitrogens with zero attached hydrogens (tertiary/aromatic N) is 1. The summed E-state index contributed by atoms with van der Waals surface area (Å²) in [6.45, 7) is 18.7. The van der Waals surface area contributed by atoms with Gasteiger partial charge in [0.25, 0.3) is 0 Å². The number of aryl methyl sites for hydroxylation is 1. The Hall–Kier alpha value is -4.10. The van der Waals surface area contributed by atoms with Crippen LogP contribution in [0.15, 0.2) is 91.0 Å². The van der Waals surface area contributed by atoms with E-state index in [4.69, 9.17) is 0 Å². The first-order valence-electron chi connectivity index (χ1n) is 14.9. The molecule has 1 heterocycles. The molecule has 0 bridgehead atoms. The smallest absolute Gasteiger partial charge is 0.0540 e. The van der Waals surface area contributed by atoms with Gasteiger partial charge in [-0.25, -0.2) is 0 Å². The maximum Gasteiger partial charge on any atom is 0.0540 e. The van der Waals surface area contributed by atoms with Gasteiger partial charge in [0.1, 0.15) is 0 Å². The predicted octanol–water partition coefficient (Wildman–Crippen LogP) is 11.5. The van der Waals surface area contributed by atoms with Crippen LogP contribution in [0.3, 0.4) is 0 Å². The summed E-state index contributed by atoms with van der Waals surface area (Å²) in [5.74, 6) is 0. The third kappa shape index (κ3) is 3.90. The molecule has 1 heteroatoms. The van der Waals surface area contributed by atoms with Crippen molar-refractivity contribution in [3.8, 4) is 5.69 Å². The first-order valence-corrected chi connectivity index (χ1v) is 14.9. The van der Waals surface area contributed by atoms with E-state index in [2.05, 4.69) is 151 Å². The van der Waals surface area contributed by atoms with Crippen LogP contribution in [0.1, 0.15) is 63.9 Å². The van der Waals surface area contributed by atoms with E-state index in [0.717, 1.165) is 0 Å². The normalized spacial score (nSPS) is 12.9. The van der Waals surface area contributed by atoms with Crippen molar-refractivity contribution in [1.82, 2.24) is 4.57 Å². The molecule has 0 aliphatic heterocycles. The van der Waals surface area contributed by atoms with Crippen LogP contribution in [0.5, 0.6) is 0 Å². The summed E-state index contributed by atoms with van der Waals surface area (Å²) in [4.78, 5) is 0. The summed E-state index contributed by atoms with van der Waals surface area (Å²) in [6.07, 6.45) is 0. The van der Waals surface area contributed by atoms with Crippen molar-refractivity contribution in [3.05, 3.63) is 113 Å². The van der Waals surface area contributed by atoms with Crippen LogP contribution in [0.25, 0.3) is 59.7 Å². The molecule has 0 unspecified atom stereocenters. The van der Waals surface area contributed by atoms with Gasteiger partial charge in [-0.2, -0.15) is 0 Å².